The van der Waals surface area contributed by atoms with Crippen LogP contribution in [0.15, 0.2) is 64.7 Å². The Labute approximate surface area is 202 Å². The summed E-state index contributed by atoms with van der Waals surface area (Å²) in [5.74, 6) is -1.45. The van der Waals surface area contributed by atoms with Gasteiger partial charge in [-0.25, -0.2) is 22.8 Å². The van der Waals surface area contributed by atoms with Gasteiger partial charge in [-0.05, 0) is 50.1 Å². The molecule has 0 radical (unpaired) electrons. The van der Waals surface area contributed by atoms with E-state index in [1.807, 2.05) is 12.1 Å². The fourth-order valence-corrected chi connectivity index (χ4v) is 5.63. The maximum atomic E-state index is 13.3. The molecule has 0 fully saturated rings. The first kappa shape index (κ1) is 24.3. The Balaban J connectivity index is 1.54. The number of rotatable bonds is 7. The summed E-state index contributed by atoms with van der Waals surface area (Å²) < 4.78 is 38.3. The van der Waals surface area contributed by atoms with Gasteiger partial charge in [-0.15, -0.1) is 0 Å². The fraction of sp³-hybridized carbons (Fsp3) is 0.292. The highest BCUT2D eigenvalue weighted by Gasteiger charge is 2.32. The zero-order valence-corrected chi connectivity index (χ0v) is 20.1. The number of esters is 2. The number of nitrogens with one attached hydrogen (secondary N) is 2. The molecule has 10 nitrogen and oxygen atoms in total. The minimum atomic E-state index is -3.89. The lowest BCUT2D eigenvalue weighted by Gasteiger charge is -2.26. The van der Waals surface area contributed by atoms with Crippen molar-refractivity contribution in [3.8, 4) is 0 Å². The summed E-state index contributed by atoms with van der Waals surface area (Å²) in [4.78, 5) is 36.9. The maximum absolute atomic E-state index is 13.3. The van der Waals surface area contributed by atoms with Gasteiger partial charge >= 0.3 is 18.0 Å². The van der Waals surface area contributed by atoms with Crippen molar-refractivity contribution in [3.63, 3.8) is 0 Å². The second kappa shape index (κ2) is 9.79. The molecule has 2 heterocycles. The second-order valence-electron chi connectivity index (χ2n) is 7.99. The van der Waals surface area contributed by atoms with E-state index in [1.54, 1.807) is 26.0 Å². The number of benzene rings is 2. The number of nitrogens with zero attached hydrogens (tertiary/aromatic N) is 1. The lowest BCUT2D eigenvalue weighted by atomic mass is 10.0. The molecular weight excluding hydrogens is 474 g/mol. The summed E-state index contributed by atoms with van der Waals surface area (Å²) in [7, 11) is -3.89. The van der Waals surface area contributed by atoms with Crippen LogP contribution in [0.3, 0.4) is 0 Å². The molecule has 11 heteroatoms. The molecule has 2 aliphatic rings. The smallest absolute Gasteiger partial charge is 0.338 e. The lowest BCUT2D eigenvalue weighted by Crippen LogP contribution is -2.50. The van der Waals surface area contributed by atoms with Crippen LogP contribution in [0.4, 0.5) is 10.5 Å². The summed E-state index contributed by atoms with van der Waals surface area (Å²) in [5.41, 5.74) is 1.82. The lowest BCUT2D eigenvalue weighted by molar-refractivity contribution is -0.139. The number of fused-ring (bicyclic) bond motifs is 1. The molecule has 2 aliphatic heterocycles. The van der Waals surface area contributed by atoms with Gasteiger partial charge in [0.25, 0.3) is 10.0 Å². The Kier molecular flexibility index (Phi) is 6.79. The molecular formula is C24H25N3O7S. The third kappa shape index (κ3) is 4.85. The Hall–Kier alpha value is -3.86. The van der Waals surface area contributed by atoms with Crippen LogP contribution in [0.25, 0.3) is 0 Å². The highest BCUT2D eigenvalue weighted by molar-refractivity contribution is 7.92. The summed E-state index contributed by atoms with van der Waals surface area (Å²) in [6.45, 7) is 3.31. The summed E-state index contributed by atoms with van der Waals surface area (Å²) >= 11 is 0. The van der Waals surface area contributed by atoms with Gasteiger partial charge in [-0.3, -0.25) is 4.31 Å². The van der Waals surface area contributed by atoms with Gasteiger partial charge in [0, 0.05) is 6.54 Å². The van der Waals surface area contributed by atoms with Gasteiger partial charge in [0.15, 0.2) is 0 Å². The van der Waals surface area contributed by atoms with Crippen LogP contribution in [0, 0.1) is 0 Å². The van der Waals surface area contributed by atoms with Crippen molar-refractivity contribution in [1.29, 1.82) is 0 Å². The first-order valence-electron chi connectivity index (χ1n) is 11.1. The second-order valence-corrected chi connectivity index (χ2v) is 9.86. The summed E-state index contributed by atoms with van der Waals surface area (Å²) in [6.07, 6.45) is 0.605. The fourth-order valence-electron chi connectivity index (χ4n) is 4.08. The van der Waals surface area contributed by atoms with Gasteiger partial charge in [0.2, 0.25) is 0 Å². The molecule has 0 aromatic heterocycles. The van der Waals surface area contributed by atoms with Crippen molar-refractivity contribution in [2.45, 2.75) is 31.2 Å². The van der Waals surface area contributed by atoms with E-state index in [9.17, 15) is 22.8 Å². The molecule has 1 atom stereocenters. The number of sulfonamides is 1. The normalized spacial score (nSPS) is 17.4. The van der Waals surface area contributed by atoms with E-state index in [0.717, 1.165) is 5.56 Å². The average molecular weight is 500 g/mol. The van der Waals surface area contributed by atoms with E-state index < -0.39 is 40.6 Å². The number of carbonyl (C=O) groups is 3. The number of ether oxygens (including phenoxy) is 2. The summed E-state index contributed by atoms with van der Waals surface area (Å²) in [5, 5.41) is 5.03. The van der Waals surface area contributed by atoms with Gasteiger partial charge in [0.1, 0.15) is 6.61 Å². The van der Waals surface area contributed by atoms with Crippen molar-refractivity contribution in [2.24, 2.45) is 0 Å². The molecule has 0 bridgehead atoms. The average Bonchev–Trinajstić information content (AvgIpc) is 3.27. The highest BCUT2D eigenvalue weighted by Crippen LogP contribution is 2.32. The predicted molar refractivity (Wildman–Crippen MR) is 126 cm³/mol. The molecule has 2 N–H and O–H groups in total. The van der Waals surface area contributed by atoms with Crippen LogP contribution in [-0.4, -0.2) is 52.2 Å². The minimum Gasteiger partial charge on any atom is -0.463 e. The van der Waals surface area contributed by atoms with Crippen LogP contribution in [-0.2, 0) is 30.7 Å². The third-order valence-corrected chi connectivity index (χ3v) is 7.52. The Morgan fingerprint density at radius 2 is 1.86 bits per heavy atom. The minimum absolute atomic E-state index is 0.0187. The Bertz CT molecular complexity index is 1320. The molecule has 0 saturated carbocycles. The number of amides is 2. The van der Waals surface area contributed by atoms with Crippen molar-refractivity contribution in [3.05, 3.63) is 70.9 Å². The molecule has 0 saturated heterocycles. The largest absolute Gasteiger partial charge is 0.463 e. The van der Waals surface area contributed by atoms with E-state index >= 15 is 0 Å². The molecule has 0 aliphatic carbocycles. The van der Waals surface area contributed by atoms with Crippen LogP contribution >= 0.6 is 0 Å². The molecule has 1 unspecified atom stereocenters. The first-order chi connectivity index (χ1) is 16.7. The van der Waals surface area contributed by atoms with E-state index in [1.165, 1.54) is 28.6 Å². The molecule has 184 valence electrons. The van der Waals surface area contributed by atoms with Crippen LogP contribution < -0.4 is 14.9 Å². The number of urea groups is 1. The maximum Gasteiger partial charge on any atom is 0.338 e. The molecule has 0 spiro atoms. The Morgan fingerprint density at radius 3 is 2.63 bits per heavy atom. The number of hydrogen-bond acceptors (Lipinski definition) is 7. The molecule has 2 amide bonds. The van der Waals surface area contributed by atoms with Crippen LogP contribution in [0.2, 0.25) is 0 Å². The van der Waals surface area contributed by atoms with E-state index in [0.29, 0.717) is 18.7 Å². The van der Waals surface area contributed by atoms with Crippen molar-refractivity contribution in [2.75, 3.05) is 24.1 Å². The standard InChI is InChI=1S/C24H25N3O7S/c1-3-33-23(29)21-15(2)25-24(30)26-19(21)14-34-22(28)17-8-6-9-18(13-17)35(31,32)27-12-11-16-7-4-5-10-20(16)27/h4-10,13,15H,3,11-12,14H2,1-2H3,(H2,25,26,30). The van der Waals surface area contributed by atoms with E-state index in [4.69, 9.17) is 9.47 Å². The van der Waals surface area contributed by atoms with Crippen LogP contribution in [0.1, 0.15) is 29.8 Å². The van der Waals surface area contributed by atoms with Crippen molar-refractivity contribution < 1.29 is 32.3 Å². The zero-order chi connectivity index (χ0) is 25.2. The first-order valence-corrected chi connectivity index (χ1v) is 12.5. The topological polar surface area (TPSA) is 131 Å². The van der Waals surface area contributed by atoms with Crippen molar-refractivity contribution in [1.82, 2.24) is 10.6 Å². The number of hydrogen-bond donors (Lipinski definition) is 2. The third-order valence-electron chi connectivity index (χ3n) is 5.72. The van der Waals surface area contributed by atoms with Gasteiger partial charge in [-0.1, -0.05) is 24.3 Å². The van der Waals surface area contributed by atoms with Crippen molar-refractivity contribution >= 4 is 33.7 Å². The number of carbonyl (C=O) groups excluding carboxylic acids is 3. The quantitative estimate of drug-likeness (QED) is 0.558. The summed E-state index contributed by atoms with van der Waals surface area (Å²) in [6, 6.07) is 11.7. The van der Waals surface area contributed by atoms with Crippen LogP contribution in [0.5, 0.6) is 0 Å². The SMILES string of the molecule is CCOC(=O)C1=C(COC(=O)c2cccc(S(=O)(=O)N3CCc4ccccc43)c2)NC(=O)NC1C. The zero-order valence-electron chi connectivity index (χ0n) is 19.2. The molecule has 4 rings (SSSR count). The van der Waals surface area contributed by atoms with Gasteiger partial charge in [0.05, 0.1) is 40.1 Å². The van der Waals surface area contributed by atoms with Gasteiger partial charge in [-0.2, -0.15) is 0 Å². The predicted octanol–water partition coefficient (Wildman–Crippen LogP) is 2.11. The Morgan fingerprint density at radius 1 is 1.09 bits per heavy atom. The molecule has 2 aromatic rings. The highest BCUT2D eigenvalue weighted by atomic mass is 32.2. The van der Waals surface area contributed by atoms with E-state index in [-0.39, 0.29) is 28.3 Å². The monoisotopic (exact) mass is 499 g/mol. The number of para-hydroxylation sites is 1. The molecule has 35 heavy (non-hydrogen) atoms. The van der Waals surface area contributed by atoms with Gasteiger partial charge < -0.3 is 20.1 Å². The molecule has 2 aromatic carbocycles. The van der Waals surface area contributed by atoms with E-state index in [2.05, 4.69) is 10.6 Å². The number of anilines is 1.